The van der Waals surface area contributed by atoms with Gasteiger partial charge in [-0.15, -0.1) is 0 Å². The zero-order valence-electron chi connectivity index (χ0n) is 13.3. The molecule has 0 aromatic heterocycles. The van der Waals surface area contributed by atoms with Gasteiger partial charge in [0.2, 0.25) is 11.8 Å². The number of piperazine rings is 1. The lowest BCUT2D eigenvalue weighted by molar-refractivity contribution is -0.152. The first-order valence-corrected chi connectivity index (χ1v) is 7.69. The van der Waals surface area contributed by atoms with E-state index >= 15 is 0 Å². The van der Waals surface area contributed by atoms with Crippen molar-refractivity contribution >= 4 is 11.8 Å². The maximum absolute atomic E-state index is 12.7. The average molecular weight is 280 g/mol. The van der Waals surface area contributed by atoms with Gasteiger partial charge in [-0.2, -0.15) is 0 Å². The van der Waals surface area contributed by atoms with E-state index in [1.807, 2.05) is 39.8 Å². The highest BCUT2D eigenvalue weighted by Crippen LogP contribution is 2.23. The number of carbonyl (C=O) groups is 2. The van der Waals surface area contributed by atoms with E-state index in [0.717, 1.165) is 12.8 Å². The molecule has 1 heterocycles. The number of carbonyl (C=O) groups excluding carboxylic acids is 2. The van der Waals surface area contributed by atoms with Crippen LogP contribution in [-0.2, 0) is 9.59 Å². The van der Waals surface area contributed by atoms with Crippen molar-refractivity contribution < 1.29 is 9.59 Å². The molecule has 0 radical (unpaired) electrons. The van der Waals surface area contributed by atoms with Gasteiger partial charge in [0.25, 0.3) is 0 Å². The monoisotopic (exact) mass is 280 g/mol. The maximum atomic E-state index is 12.7. The van der Waals surface area contributed by atoms with Crippen LogP contribution >= 0.6 is 0 Å². The minimum absolute atomic E-state index is 0.00578. The van der Waals surface area contributed by atoms with E-state index in [-0.39, 0.29) is 35.7 Å². The molecule has 4 unspecified atom stereocenters. The Hall–Kier alpha value is -1.32. The fourth-order valence-corrected chi connectivity index (χ4v) is 2.59. The van der Waals surface area contributed by atoms with Gasteiger partial charge in [-0.1, -0.05) is 52.7 Å². The van der Waals surface area contributed by atoms with Gasteiger partial charge in [0, 0.05) is 6.54 Å². The van der Waals surface area contributed by atoms with Crippen LogP contribution in [0, 0.1) is 11.8 Å². The summed E-state index contributed by atoms with van der Waals surface area (Å²) in [5.74, 6) is 0.385. The number of hydrogen-bond donors (Lipinski definition) is 1. The van der Waals surface area contributed by atoms with Crippen LogP contribution in [0.4, 0.5) is 0 Å². The predicted octanol–water partition coefficient (Wildman–Crippen LogP) is 2.35. The van der Waals surface area contributed by atoms with Crippen LogP contribution in [0.2, 0.25) is 0 Å². The quantitative estimate of drug-likeness (QED) is 0.759. The molecule has 20 heavy (non-hydrogen) atoms. The van der Waals surface area contributed by atoms with Crippen molar-refractivity contribution in [2.75, 3.05) is 6.54 Å². The molecule has 0 aliphatic carbocycles. The number of nitrogens with one attached hydrogen (secondary N) is 1. The molecule has 114 valence electrons. The van der Waals surface area contributed by atoms with Crippen LogP contribution in [-0.4, -0.2) is 35.3 Å². The summed E-state index contributed by atoms with van der Waals surface area (Å²) >= 11 is 0. The second-order valence-electron chi connectivity index (χ2n) is 5.76. The summed E-state index contributed by atoms with van der Waals surface area (Å²) < 4.78 is 0. The normalized spacial score (nSPS) is 26.8. The highest BCUT2D eigenvalue weighted by atomic mass is 16.2. The lowest BCUT2D eigenvalue weighted by Gasteiger charge is -2.42. The highest BCUT2D eigenvalue weighted by Gasteiger charge is 2.43. The van der Waals surface area contributed by atoms with Crippen molar-refractivity contribution in [3.8, 4) is 0 Å². The molecule has 1 aliphatic heterocycles. The Morgan fingerprint density at radius 2 is 1.80 bits per heavy atom. The Kier molecular flexibility index (Phi) is 6.24. The molecule has 2 amide bonds. The molecule has 1 N–H and O–H groups in total. The zero-order chi connectivity index (χ0) is 15.3. The van der Waals surface area contributed by atoms with Crippen LogP contribution in [0.25, 0.3) is 0 Å². The largest absolute Gasteiger partial charge is 0.342 e. The molecule has 0 bridgehead atoms. The first-order valence-electron chi connectivity index (χ1n) is 7.69. The smallest absolute Gasteiger partial charge is 0.246 e. The molecule has 4 heteroatoms. The molecule has 1 fully saturated rings. The fourth-order valence-electron chi connectivity index (χ4n) is 2.59. The summed E-state index contributed by atoms with van der Waals surface area (Å²) in [6, 6.07) is -0.720. The first kappa shape index (κ1) is 16.7. The second kappa shape index (κ2) is 7.46. The van der Waals surface area contributed by atoms with Gasteiger partial charge in [-0.05, 0) is 18.8 Å². The van der Waals surface area contributed by atoms with E-state index in [0.29, 0.717) is 6.54 Å². The van der Waals surface area contributed by atoms with E-state index in [9.17, 15) is 9.59 Å². The molecule has 0 aromatic rings. The average Bonchev–Trinajstić information content (AvgIpc) is 2.45. The molecule has 1 rings (SSSR count). The van der Waals surface area contributed by atoms with E-state index in [2.05, 4.69) is 12.2 Å². The summed E-state index contributed by atoms with van der Waals surface area (Å²) in [4.78, 5) is 26.9. The number of amides is 2. The van der Waals surface area contributed by atoms with Crippen molar-refractivity contribution in [2.24, 2.45) is 11.8 Å². The topological polar surface area (TPSA) is 49.4 Å². The lowest BCUT2D eigenvalue weighted by atomic mass is 9.89. The third kappa shape index (κ3) is 3.41. The highest BCUT2D eigenvalue weighted by molar-refractivity contribution is 5.97. The Balaban J connectivity index is 3.03. The molecule has 0 saturated carbocycles. The van der Waals surface area contributed by atoms with E-state index < -0.39 is 0 Å². The molecule has 1 saturated heterocycles. The molecule has 0 aromatic carbocycles. The van der Waals surface area contributed by atoms with Crippen molar-refractivity contribution in [1.82, 2.24) is 10.2 Å². The second-order valence-corrected chi connectivity index (χ2v) is 5.76. The Morgan fingerprint density at radius 3 is 2.30 bits per heavy atom. The standard InChI is InChI=1S/C16H28N2O2/c1-6-9-10-18-14(12(5)8-3)15(19)17-13(16(18)20)11(4)7-2/h6,9,11-14H,7-8,10H2,1-5H3,(H,17,19)/b9-6+. The van der Waals surface area contributed by atoms with Crippen molar-refractivity contribution in [2.45, 2.75) is 59.5 Å². The Labute approximate surface area is 122 Å². The third-order valence-electron chi connectivity index (χ3n) is 4.39. The summed E-state index contributed by atoms with van der Waals surface area (Å²) in [5.41, 5.74) is 0. The lowest BCUT2D eigenvalue weighted by Crippen LogP contribution is -2.66. The summed E-state index contributed by atoms with van der Waals surface area (Å²) in [6.45, 7) is 10.6. The van der Waals surface area contributed by atoms with E-state index in [4.69, 9.17) is 0 Å². The Morgan fingerprint density at radius 1 is 1.20 bits per heavy atom. The SMILES string of the molecule is C/C=C/CN1C(=O)C(C(C)CC)NC(=O)C1C(C)CC. The van der Waals surface area contributed by atoms with Gasteiger partial charge in [0.1, 0.15) is 12.1 Å². The molecule has 4 atom stereocenters. The van der Waals surface area contributed by atoms with Crippen LogP contribution in [0.5, 0.6) is 0 Å². The van der Waals surface area contributed by atoms with E-state index in [1.165, 1.54) is 0 Å². The number of rotatable bonds is 6. The van der Waals surface area contributed by atoms with Crippen LogP contribution in [0.1, 0.15) is 47.5 Å². The summed E-state index contributed by atoms with van der Waals surface area (Å²) in [7, 11) is 0. The van der Waals surface area contributed by atoms with E-state index in [1.54, 1.807) is 4.90 Å². The molecule has 0 spiro atoms. The van der Waals surface area contributed by atoms with Crippen molar-refractivity contribution in [1.29, 1.82) is 0 Å². The van der Waals surface area contributed by atoms with Gasteiger partial charge in [0.15, 0.2) is 0 Å². The van der Waals surface area contributed by atoms with Crippen molar-refractivity contribution in [3.05, 3.63) is 12.2 Å². The number of allylic oxidation sites excluding steroid dienone is 1. The number of nitrogens with zero attached hydrogens (tertiary/aromatic N) is 1. The molecular formula is C16H28N2O2. The van der Waals surface area contributed by atoms with Gasteiger partial charge in [-0.3, -0.25) is 9.59 Å². The van der Waals surface area contributed by atoms with Crippen LogP contribution < -0.4 is 5.32 Å². The predicted molar refractivity (Wildman–Crippen MR) is 81.2 cm³/mol. The van der Waals surface area contributed by atoms with Gasteiger partial charge < -0.3 is 10.2 Å². The first-order chi connectivity index (χ1) is 9.47. The molecule has 4 nitrogen and oxygen atoms in total. The van der Waals surface area contributed by atoms with Gasteiger partial charge in [0.05, 0.1) is 0 Å². The minimum Gasteiger partial charge on any atom is -0.342 e. The number of hydrogen-bond acceptors (Lipinski definition) is 2. The van der Waals surface area contributed by atoms with Crippen molar-refractivity contribution in [3.63, 3.8) is 0 Å². The maximum Gasteiger partial charge on any atom is 0.246 e. The van der Waals surface area contributed by atoms with Crippen LogP contribution in [0.3, 0.4) is 0 Å². The summed E-state index contributed by atoms with van der Waals surface area (Å²) in [5, 5.41) is 2.93. The zero-order valence-corrected chi connectivity index (χ0v) is 13.3. The third-order valence-corrected chi connectivity index (χ3v) is 4.39. The van der Waals surface area contributed by atoms with Gasteiger partial charge >= 0.3 is 0 Å². The fraction of sp³-hybridized carbons (Fsp3) is 0.750. The van der Waals surface area contributed by atoms with Gasteiger partial charge in [-0.25, -0.2) is 0 Å². The minimum atomic E-state index is -0.377. The van der Waals surface area contributed by atoms with Crippen LogP contribution in [0.15, 0.2) is 12.2 Å². The molecular weight excluding hydrogens is 252 g/mol. The molecule has 1 aliphatic rings. The Bertz CT molecular complexity index is 379. The summed E-state index contributed by atoms with van der Waals surface area (Å²) in [6.07, 6.45) is 5.62.